The van der Waals surface area contributed by atoms with Gasteiger partial charge in [0.05, 0.1) is 11.4 Å². The summed E-state index contributed by atoms with van der Waals surface area (Å²) in [6.07, 6.45) is 0.434. The summed E-state index contributed by atoms with van der Waals surface area (Å²) >= 11 is 1.66. The molecule has 0 bridgehead atoms. The third kappa shape index (κ3) is 2.84. The normalized spacial score (nSPS) is 15.9. The first-order valence-corrected chi connectivity index (χ1v) is 10.2. The Balaban J connectivity index is 1.77. The van der Waals surface area contributed by atoms with Gasteiger partial charge in [-0.05, 0) is 41.4 Å². The summed E-state index contributed by atoms with van der Waals surface area (Å²) < 4.78 is 1.87. The van der Waals surface area contributed by atoms with Crippen LogP contribution in [0.1, 0.15) is 29.0 Å². The zero-order valence-corrected chi connectivity index (χ0v) is 16.2. The van der Waals surface area contributed by atoms with E-state index in [4.69, 9.17) is 5.10 Å². The summed E-state index contributed by atoms with van der Waals surface area (Å²) in [7, 11) is 0. The van der Waals surface area contributed by atoms with Crippen molar-refractivity contribution in [3.8, 4) is 16.9 Å². The smallest absolute Gasteiger partial charge is 0.226 e. The van der Waals surface area contributed by atoms with Crippen molar-refractivity contribution in [1.29, 1.82) is 0 Å². The van der Waals surface area contributed by atoms with Crippen molar-refractivity contribution >= 4 is 23.1 Å². The molecule has 0 saturated carbocycles. The average molecular weight is 385 g/mol. The number of thiophene rings is 1. The summed E-state index contributed by atoms with van der Waals surface area (Å²) in [6.45, 7) is 2.06. The van der Waals surface area contributed by atoms with Crippen LogP contribution in [0.25, 0.3) is 16.9 Å². The molecule has 0 radical (unpaired) electrons. The molecule has 1 amide bonds. The number of anilines is 1. The maximum absolute atomic E-state index is 12.6. The Bertz CT molecular complexity index is 1130. The first-order valence-electron chi connectivity index (χ1n) is 9.28. The quantitative estimate of drug-likeness (QED) is 0.514. The molecule has 1 aliphatic rings. The molecule has 138 valence electrons. The van der Waals surface area contributed by atoms with E-state index in [0.717, 1.165) is 28.3 Å². The number of amides is 1. The molecule has 4 nitrogen and oxygen atoms in total. The van der Waals surface area contributed by atoms with Crippen LogP contribution in [0, 0.1) is 6.92 Å². The fourth-order valence-corrected chi connectivity index (χ4v) is 4.51. The molecule has 2 aromatic heterocycles. The van der Waals surface area contributed by atoms with Crippen LogP contribution < -0.4 is 5.32 Å². The lowest BCUT2D eigenvalue weighted by Crippen LogP contribution is -2.24. The molecule has 2 aromatic carbocycles. The lowest BCUT2D eigenvalue weighted by molar-refractivity contribution is -0.116. The van der Waals surface area contributed by atoms with Crippen LogP contribution >= 0.6 is 11.3 Å². The van der Waals surface area contributed by atoms with Crippen LogP contribution in [0.4, 0.5) is 5.82 Å². The van der Waals surface area contributed by atoms with E-state index in [9.17, 15) is 4.79 Å². The van der Waals surface area contributed by atoms with Crippen LogP contribution in [0.15, 0.2) is 71.4 Å². The Morgan fingerprint density at radius 3 is 2.57 bits per heavy atom. The number of nitrogens with zero attached hydrogens (tertiary/aromatic N) is 2. The second kappa shape index (κ2) is 6.77. The highest BCUT2D eigenvalue weighted by atomic mass is 32.1. The second-order valence-electron chi connectivity index (χ2n) is 7.09. The molecule has 0 spiro atoms. The van der Waals surface area contributed by atoms with Crippen molar-refractivity contribution in [3.63, 3.8) is 0 Å². The van der Waals surface area contributed by atoms with Crippen molar-refractivity contribution in [3.05, 3.63) is 88.1 Å². The SMILES string of the molecule is Cc1ccc(-n2nc(-c3ccccc3)c3c2NC(=O)C[C@H]3c2ccsc2)cc1. The fourth-order valence-electron chi connectivity index (χ4n) is 3.79. The summed E-state index contributed by atoms with van der Waals surface area (Å²) in [5, 5.41) is 12.2. The van der Waals surface area contributed by atoms with Crippen LogP contribution in [0.2, 0.25) is 0 Å². The number of aromatic nitrogens is 2. The van der Waals surface area contributed by atoms with Gasteiger partial charge in [0.25, 0.3) is 0 Å². The minimum absolute atomic E-state index is 0.00408. The van der Waals surface area contributed by atoms with Gasteiger partial charge < -0.3 is 5.32 Å². The van der Waals surface area contributed by atoms with Crippen molar-refractivity contribution in [2.24, 2.45) is 0 Å². The summed E-state index contributed by atoms with van der Waals surface area (Å²) in [5.41, 5.74) is 6.36. The molecule has 5 rings (SSSR count). The molecule has 1 N–H and O–H groups in total. The maximum Gasteiger partial charge on any atom is 0.226 e. The minimum atomic E-state index is 0.00408. The van der Waals surface area contributed by atoms with Gasteiger partial charge in [-0.3, -0.25) is 4.79 Å². The highest BCUT2D eigenvalue weighted by Crippen LogP contribution is 2.44. The van der Waals surface area contributed by atoms with E-state index in [1.165, 1.54) is 11.1 Å². The molecule has 5 heteroatoms. The van der Waals surface area contributed by atoms with Crippen molar-refractivity contribution < 1.29 is 4.79 Å². The maximum atomic E-state index is 12.6. The van der Waals surface area contributed by atoms with E-state index in [-0.39, 0.29) is 11.8 Å². The van der Waals surface area contributed by atoms with Crippen LogP contribution in [-0.4, -0.2) is 15.7 Å². The molecular formula is C23H19N3OS. The Kier molecular flexibility index (Phi) is 4.10. The predicted molar refractivity (Wildman–Crippen MR) is 113 cm³/mol. The number of carbonyl (C=O) groups is 1. The number of hydrogen-bond acceptors (Lipinski definition) is 3. The van der Waals surface area contributed by atoms with Crippen molar-refractivity contribution in [1.82, 2.24) is 9.78 Å². The lowest BCUT2D eigenvalue weighted by Gasteiger charge is -2.24. The van der Waals surface area contributed by atoms with Gasteiger partial charge >= 0.3 is 0 Å². The lowest BCUT2D eigenvalue weighted by atomic mass is 9.86. The summed E-state index contributed by atoms with van der Waals surface area (Å²) in [6, 6.07) is 20.5. The molecule has 28 heavy (non-hydrogen) atoms. The second-order valence-corrected chi connectivity index (χ2v) is 7.87. The number of fused-ring (bicyclic) bond motifs is 1. The number of hydrogen-bond donors (Lipinski definition) is 1. The molecule has 1 atom stereocenters. The summed E-state index contributed by atoms with van der Waals surface area (Å²) in [5.74, 6) is 0.802. The highest BCUT2D eigenvalue weighted by molar-refractivity contribution is 7.08. The van der Waals surface area contributed by atoms with Gasteiger partial charge in [-0.1, -0.05) is 48.0 Å². The minimum Gasteiger partial charge on any atom is -0.310 e. The molecule has 4 aromatic rings. The first kappa shape index (κ1) is 17.0. The van der Waals surface area contributed by atoms with Gasteiger partial charge in [0.2, 0.25) is 5.91 Å². The molecule has 0 fully saturated rings. The Morgan fingerprint density at radius 2 is 1.86 bits per heavy atom. The van der Waals surface area contributed by atoms with Gasteiger partial charge in [0.15, 0.2) is 0 Å². The fraction of sp³-hybridized carbons (Fsp3) is 0.130. The topological polar surface area (TPSA) is 46.9 Å². The van der Waals surface area contributed by atoms with Crippen molar-refractivity contribution in [2.75, 3.05) is 5.32 Å². The summed E-state index contributed by atoms with van der Waals surface area (Å²) in [4.78, 5) is 12.6. The third-order valence-electron chi connectivity index (χ3n) is 5.19. The number of benzene rings is 2. The Labute approximate surface area is 167 Å². The van der Waals surface area contributed by atoms with E-state index in [1.54, 1.807) is 11.3 Å². The van der Waals surface area contributed by atoms with Crippen molar-refractivity contribution in [2.45, 2.75) is 19.3 Å². The van der Waals surface area contributed by atoms with Gasteiger partial charge in [0, 0.05) is 23.5 Å². The van der Waals surface area contributed by atoms with Gasteiger partial charge in [0.1, 0.15) is 5.82 Å². The highest BCUT2D eigenvalue weighted by Gasteiger charge is 2.34. The molecular weight excluding hydrogens is 366 g/mol. The van der Waals surface area contributed by atoms with Gasteiger partial charge in [-0.2, -0.15) is 16.4 Å². The molecule has 3 heterocycles. The molecule has 0 unspecified atom stereocenters. The molecule has 0 saturated heterocycles. The van der Waals surface area contributed by atoms with E-state index in [2.05, 4.69) is 53.3 Å². The number of nitrogens with one attached hydrogen (secondary N) is 1. The van der Waals surface area contributed by atoms with Crippen LogP contribution in [0.3, 0.4) is 0 Å². The Morgan fingerprint density at radius 1 is 1.07 bits per heavy atom. The standard InChI is InChI=1S/C23H19N3OS/c1-15-7-9-18(10-8-15)26-23-21(22(25-26)16-5-3-2-4-6-16)19(13-20(27)24-23)17-11-12-28-14-17/h2-12,14,19H,13H2,1H3,(H,24,27)/t19-/m0/s1. The third-order valence-corrected chi connectivity index (χ3v) is 5.89. The van der Waals surface area contributed by atoms with E-state index < -0.39 is 0 Å². The number of aryl methyl sites for hydroxylation is 1. The van der Waals surface area contributed by atoms with E-state index in [0.29, 0.717) is 6.42 Å². The Hall–Kier alpha value is -3.18. The number of carbonyl (C=O) groups excluding carboxylic acids is 1. The molecule has 0 aliphatic carbocycles. The average Bonchev–Trinajstić information content (AvgIpc) is 3.37. The largest absolute Gasteiger partial charge is 0.310 e. The van der Waals surface area contributed by atoms with E-state index >= 15 is 0 Å². The zero-order valence-electron chi connectivity index (χ0n) is 15.4. The van der Waals surface area contributed by atoms with Gasteiger partial charge in [-0.25, -0.2) is 4.68 Å². The predicted octanol–water partition coefficient (Wildman–Crippen LogP) is 5.38. The monoisotopic (exact) mass is 385 g/mol. The first-order chi connectivity index (χ1) is 13.7. The van der Waals surface area contributed by atoms with Gasteiger partial charge in [-0.15, -0.1) is 0 Å². The van der Waals surface area contributed by atoms with Crippen LogP contribution in [-0.2, 0) is 4.79 Å². The molecule has 1 aliphatic heterocycles. The van der Waals surface area contributed by atoms with Crippen LogP contribution in [0.5, 0.6) is 0 Å². The number of rotatable bonds is 3. The zero-order chi connectivity index (χ0) is 19.1. The van der Waals surface area contributed by atoms with E-state index in [1.807, 2.05) is 35.0 Å².